The minimum atomic E-state index is 0.762. The van der Waals surface area contributed by atoms with Gasteiger partial charge < -0.3 is 16.0 Å². The third-order valence-corrected chi connectivity index (χ3v) is 4.09. The van der Waals surface area contributed by atoms with Crippen LogP contribution in [0.2, 0.25) is 0 Å². The molecule has 0 amide bonds. The third-order valence-electron chi connectivity index (χ3n) is 4.09. The molecule has 1 atom stereocenters. The number of nitrogen functional groups attached to an aromatic ring is 1. The number of hydrogen-bond acceptors (Lipinski definition) is 3. The largest absolute Gasteiger partial charge is 0.397 e. The first-order valence-corrected chi connectivity index (χ1v) is 7.51. The fourth-order valence-corrected chi connectivity index (χ4v) is 2.82. The summed E-state index contributed by atoms with van der Waals surface area (Å²) in [5.74, 6) is 0. The van der Waals surface area contributed by atoms with E-state index in [4.69, 9.17) is 5.73 Å². The van der Waals surface area contributed by atoms with E-state index in [1.165, 1.54) is 44.3 Å². The van der Waals surface area contributed by atoms with Crippen molar-refractivity contribution in [1.82, 2.24) is 4.90 Å². The summed E-state index contributed by atoms with van der Waals surface area (Å²) in [7, 11) is 0. The third kappa shape index (κ3) is 4.13. The quantitative estimate of drug-likeness (QED) is 0.631. The second-order valence-corrected chi connectivity index (χ2v) is 5.75. The molecule has 0 radical (unpaired) electrons. The summed E-state index contributed by atoms with van der Waals surface area (Å²) in [5.41, 5.74) is 9.13. The molecule has 3 nitrogen and oxygen atoms in total. The van der Waals surface area contributed by atoms with Crippen LogP contribution in [-0.2, 0) is 0 Å². The van der Waals surface area contributed by atoms with Crippen LogP contribution in [0, 0.1) is 6.92 Å². The van der Waals surface area contributed by atoms with E-state index in [-0.39, 0.29) is 0 Å². The van der Waals surface area contributed by atoms with E-state index in [2.05, 4.69) is 36.2 Å². The Labute approximate surface area is 117 Å². The summed E-state index contributed by atoms with van der Waals surface area (Å²) in [6, 6.07) is 6.91. The molecule has 1 aliphatic heterocycles. The Morgan fingerprint density at radius 3 is 3.00 bits per heavy atom. The second-order valence-electron chi connectivity index (χ2n) is 5.75. The van der Waals surface area contributed by atoms with Gasteiger partial charge in [-0.15, -0.1) is 0 Å². The van der Waals surface area contributed by atoms with Crippen LogP contribution < -0.4 is 11.1 Å². The van der Waals surface area contributed by atoms with Crippen molar-refractivity contribution >= 4 is 11.4 Å². The number of likely N-dealkylation sites (tertiary alicyclic amines) is 1. The molecule has 3 N–H and O–H groups in total. The van der Waals surface area contributed by atoms with Crippen molar-refractivity contribution in [3.8, 4) is 0 Å². The molecule has 3 heteroatoms. The van der Waals surface area contributed by atoms with E-state index in [9.17, 15) is 0 Å². The van der Waals surface area contributed by atoms with E-state index in [0.717, 1.165) is 24.0 Å². The zero-order valence-electron chi connectivity index (χ0n) is 12.3. The van der Waals surface area contributed by atoms with E-state index >= 15 is 0 Å². The minimum absolute atomic E-state index is 0.762. The Morgan fingerprint density at radius 2 is 2.21 bits per heavy atom. The van der Waals surface area contributed by atoms with Crippen LogP contribution in [0.5, 0.6) is 0 Å². The molecular formula is C16H27N3. The van der Waals surface area contributed by atoms with Crippen LogP contribution in [0.3, 0.4) is 0 Å². The Balaban J connectivity index is 1.73. The van der Waals surface area contributed by atoms with Gasteiger partial charge >= 0.3 is 0 Å². The van der Waals surface area contributed by atoms with E-state index in [1.807, 2.05) is 6.07 Å². The fraction of sp³-hybridized carbons (Fsp3) is 0.625. The van der Waals surface area contributed by atoms with Gasteiger partial charge in [0, 0.05) is 19.1 Å². The lowest BCUT2D eigenvalue weighted by Gasteiger charge is -2.33. The maximum absolute atomic E-state index is 5.96. The molecule has 1 aromatic carbocycles. The Morgan fingerprint density at radius 1 is 1.37 bits per heavy atom. The smallest absolute Gasteiger partial charge is 0.0576 e. The van der Waals surface area contributed by atoms with Crippen LogP contribution in [0.1, 0.15) is 38.2 Å². The lowest BCUT2D eigenvalue weighted by Crippen LogP contribution is -2.38. The second kappa shape index (κ2) is 6.80. The van der Waals surface area contributed by atoms with Gasteiger partial charge in [0.15, 0.2) is 0 Å². The van der Waals surface area contributed by atoms with Crippen LogP contribution in [0.4, 0.5) is 11.4 Å². The van der Waals surface area contributed by atoms with Gasteiger partial charge in [-0.3, -0.25) is 0 Å². The molecule has 1 heterocycles. The number of nitrogens with zero attached hydrogens (tertiary/aromatic N) is 1. The molecule has 2 rings (SSSR count). The summed E-state index contributed by atoms with van der Waals surface area (Å²) in [5, 5.41) is 3.46. The standard InChI is InChI=1S/C16H27N3/c1-13-7-8-15(17)16(12-13)18-9-5-11-19-10-4-3-6-14(19)2/h7-8,12,14,18H,3-6,9-11,17H2,1-2H3. The zero-order valence-corrected chi connectivity index (χ0v) is 12.3. The lowest BCUT2D eigenvalue weighted by atomic mass is 10.0. The number of benzene rings is 1. The molecule has 19 heavy (non-hydrogen) atoms. The van der Waals surface area contributed by atoms with E-state index in [0.29, 0.717) is 0 Å². The average Bonchev–Trinajstić information content (AvgIpc) is 2.40. The fourth-order valence-electron chi connectivity index (χ4n) is 2.82. The van der Waals surface area contributed by atoms with Crippen molar-refractivity contribution in [2.45, 2.75) is 45.6 Å². The van der Waals surface area contributed by atoms with Gasteiger partial charge in [-0.1, -0.05) is 12.5 Å². The van der Waals surface area contributed by atoms with Gasteiger partial charge in [0.25, 0.3) is 0 Å². The van der Waals surface area contributed by atoms with Crippen molar-refractivity contribution < 1.29 is 0 Å². The number of nitrogens with two attached hydrogens (primary N) is 1. The van der Waals surface area contributed by atoms with Gasteiger partial charge in [-0.25, -0.2) is 0 Å². The lowest BCUT2D eigenvalue weighted by molar-refractivity contribution is 0.160. The first-order valence-electron chi connectivity index (χ1n) is 7.51. The highest BCUT2D eigenvalue weighted by molar-refractivity contribution is 5.66. The minimum Gasteiger partial charge on any atom is -0.397 e. The predicted molar refractivity (Wildman–Crippen MR) is 83.6 cm³/mol. The highest BCUT2D eigenvalue weighted by Gasteiger charge is 2.16. The molecule has 1 aromatic rings. The van der Waals surface area contributed by atoms with Crippen molar-refractivity contribution in [2.75, 3.05) is 30.7 Å². The molecule has 1 aliphatic rings. The molecule has 1 unspecified atom stereocenters. The molecule has 106 valence electrons. The topological polar surface area (TPSA) is 41.3 Å². The Hall–Kier alpha value is -1.22. The van der Waals surface area contributed by atoms with Gasteiger partial charge in [-0.05, 0) is 57.4 Å². The highest BCUT2D eigenvalue weighted by Crippen LogP contribution is 2.20. The SMILES string of the molecule is Cc1ccc(N)c(NCCCN2CCCCC2C)c1. The van der Waals surface area contributed by atoms with Gasteiger partial charge in [0.1, 0.15) is 0 Å². The van der Waals surface area contributed by atoms with Crippen molar-refractivity contribution in [1.29, 1.82) is 0 Å². The number of nitrogens with one attached hydrogen (secondary N) is 1. The predicted octanol–water partition coefficient (Wildman–Crippen LogP) is 3.25. The summed E-state index contributed by atoms with van der Waals surface area (Å²) in [4.78, 5) is 2.62. The summed E-state index contributed by atoms with van der Waals surface area (Å²) in [6.45, 7) is 7.91. The molecule has 1 fully saturated rings. The van der Waals surface area contributed by atoms with Crippen LogP contribution >= 0.6 is 0 Å². The number of anilines is 2. The molecule has 0 saturated carbocycles. The van der Waals surface area contributed by atoms with Gasteiger partial charge in [0.2, 0.25) is 0 Å². The maximum atomic E-state index is 5.96. The summed E-state index contributed by atoms with van der Waals surface area (Å²) < 4.78 is 0. The Kier molecular flexibility index (Phi) is 5.08. The number of rotatable bonds is 5. The first-order chi connectivity index (χ1) is 9.16. The summed E-state index contributed by atoms with van der Waals surface area (Å²) in [6.07, 6.45) is 5.30. The molecule has 0 bridgehead atoms. The van der Waals surface area contributed by atoms with Crippen LogP contribution in [0.15, 0.2) is 18.2 Å². The zero-order chi connectivity index (χ0) is 13.7. The molecule has 1 saturated heterocycles. The van der Waals surface area contributed by atoms with Crippen molar-refractivity contribution in [3.63, 3.8) is 0 Å². The van der Waals surface area contributed by atoms with E-state index in [1.54, 1.807) is 0 Å². The monoisotopic (exact) mass is 261 g/mol. The van der Waals surface area contributed by atoms with Crippen molar-refractivity contribution in [3.05, 3.63) is 23.8 Å². The summed E-state index contributed by atoms with van der Waals surface area (Å²) >= 11 is 0. The molecule has 0 aliphatic carbocycles. The van der Waals surface area contributed by atoms with Crippen LogP contribution in [-0.4, -0.2) is 30.6 Å². The van der Waals surface area contributed by atoms with Crippen molar-refractivity contribution in [2.24, 2.45) is 0 Å². The number of piperidine rings is 1. The molecule has 0 aromatic heterocycles. The normalized spacial score (nSPS) is 20.4. The van der Waals surface area contributed by atoms with Gasteiger partial charge in [-0.2, -0.15) is 0 Å². The van der Waals surface area contributed by atoms with Crippen LogP contribution in [0.25, 0.3) is 0 Å². The van der Waals surface area contributed by atoms with E-state index < -0.39 is 0 Å². The average molecular weight is 261 g/mol. The first kappa shape index (κ1) is 14.2. The highest BCUT2D eigenvalue weighted by atomic mass is 15.2. The Bertz CT molecular complexity index is 403. The molecular weight excluding hydrogens is 234 g/mol. The maximum Gasteiger partial charge on any atom is 0.0576 e. The number of hydrogen-bond donors (Lipinski definition) is 2. The molecule has 0 spiro atoms. The number of aryl methyl sites for hydroxylation is 1. The van der Waals surface area contributed by atoms with Gasteiger partial charge in [0.05, 0.1) is 11.4 Å².